The molecule has 1 heterocycles. The number of anilines is 1. The normalized spacial score (nSPS) is 11.4. The van der Waals surface area contributed by atoms with E-state index in [9.17, 15) is 18.0 Å². The molecule has 4 nitrogen and oxygen atoms in total. The number of carbonyl (C=O) groups excluding carboxylic acids is 1. The highest BCUT2D eigenvalue weighted by Gasteiger charge is 2.26. The predicted molar refractivity (Wildman–Crippen MR) is 62.0 cm³/mol. The van der Waals surface area contributed by atoms with Gasteiger partial charge in [0, 0.05) is 17.8 Å². The van der Waals surface area contributed by atoms with Gasteiger partial charge in [-0.3, -0.25) is 0 Å². The van der Waals surface area contributed by atoms with Crippen molar-refractivity contribution in [3.05, 3.63) is 10.6 Å². The zero-order valence-corrected chi connectivity index (χ0v) is 10.7. The molecule has 1 rings (SSSR count). The summed E-state index contributed by atoms with van der Waals surface area (Å²) in [6, 6.07) is 0. The van der Waals surface area contributed by atoms with E-state index in [-0.39, 0.29) is 18.7 Å². The third-order valence-electron chi connectivity index (χ3n) is 2.09. The number of rotatable bonds is 5. The van der Waals surface area contributed by atoms with Gasteiger partial charge in [-0.1, -0.05) is 0 Å². The lowest BCUT2D eigenvalue weighted by molar-refractivity contribution is -0.134. The monoisotopic (exact) mass is 282 g/mol. The largest absolute Gasteiger partial charge is 0.464 e. The van der Waals surface area contributed by atoms with E-state index in [0.717, 1.165) is 0 Å². The van der Waals surface area contributed by atoms with Crippen LogP contribution >= 0.6 is 11.3 Å². The highest BCUT2D eigenvalue weighted by molar-refractivity contribution is 7.15. The Morgan fingerprint density at radius 2 is 2.17 bits per heavy atom. The van der Waals surface area contributed by atoms with Crippen molar-refractivity contribution in [1.29, 1.82) is 0 Å². The molecule has 0 bridgehead atoms. The smallest absolute Gasteiger partial charge is 0.389 e. The quantitative estimate of drug-likeness (QED) is 0.666. The summed E-state index contributed by atoms with van der Waals surface area (Å²) < 4.78 is 40.2. The Morgan fingerprint density at radius 3 is 2.72 bits per heavy atom. The lowest BCUT2D eigenvalue weighted by Gasteiger charge is -2.05. The molecule has 0 fully saturated rings. The summed E-state index contributed by atoms with van der Waals surface area (Å²) in [4.78, 5) is 15.9. The Morgan fingerprint density at radius 1 is 1.50 bits per heavy atom. The fourth-order valence-corrected chi connectivity index (χ4v) is 2.07. The Bertz CT molecular complexity index is 418. The van der Waals surface area contributed by atoms with Crippen LogP contribution < -0.4 is 5.32 Å². The SMILES string of the molecule is COC(=O)c1nc(NCCCC(F)(F)F)sc1C. The van der Waals surface area contributed by atoms with E-state index < -0.39 is 18.6 Å². The van der Waals surface area contributed by atoms with Crippen molar-refractivity contribution < 1.29 is 22.7 Å². The maximum Gasteiger partial charge on any atom is 0.389 e. The molecule has 0 spiro atoms. The van der Waals surface area contributed by atoms with Gasteiger partial charge in [0.2, 0.25) is 0 Å². The molecular weight excluding hydrogens is 269 g/mol. The van der Waals surface area contributed by atoms with Gasteiger partial charge in [-0.15, -0.1) is 11.3 Å². The lowest BCUT2D eigenvalue weighted by Crippen LogP contribution is -2.11. The van der Waals surface area contributed by atoms with Gasteiger partial charge in [0.05, 0.1) is 7.11 Å². The average molecular weight is 282 g/mol. The molecule has 0 aliphatic carbocycles. The fraction of sp³-hybridized carbons (Fsp3) is 0.600. The minimum Gasteiger partial charge on any atom is -0.464 e. The van der Waals surface area contributed by atoms with Crippen molar-refractivity contribution >= 4 is 22.4 Å². The number of ether oxygens (including phenoxy) is 1. The molecule has 0 unspecified atom stereocenters. The number of nitrogens with one attached hydrogen (secondary N) is 1. The van der Waals surface area contributed by atoms with Crippen LogP contribution in [0.15, 0.2) is 0 Å². The number of hydrogen-bond acceptors (Lipinski definition) is 5. The van der Waals surface area contributed by atoms with E-state index in [1.54, 1.807) is 6.92 Å². The van der Waals surface area contributed by atoms with E-state index in [1.165, 1.54) is 18.4 Å². The van der Waals surface area contributed by atoms with Gasteiger partial charge in [0.15, 0.2) is 10.8 Å². The molecule has 0 aliphatic heterocycles. The number of esters is 1. The van der Waals surface area contributed by atoms with Crippen LogP contribution in [0.1, 0.15) is 28.2 Å². The van der Waals surface area contributed by atoms with Gasteiger partial charge in [-0.2, -0.15) is 13.2 Å². The van der Waals surface area contributed by atoms with Crippen molar-refractivity contribution in [2.75, 3.05) is 19.0 Å². The molecule has 1 aromatic heterocycles. The van der Waals surface area contributed by atoms with E-state index in [4.69, 9.17) is 0 Å². The number of nitrogens with zero attached hydrogens (tertiary/aromatic N) is 1. The van der Waals surface area contributed by atoms with E-state index in [1.807, 2.05) is 0 Å². The number of alkyl halides is 3. The highest BCUT2D eigenvalue weighted by Crippen LogP contribution is 2.24. The second kappa shape index (κ2) is 6.03. The third-order valence-corrected chi connectivity index (χ3v) is 3.02. The summed E-state index contributed by atoms with van der Waals surface area (Å²) in [5.74, 6) is -0.549. The van der Waals surface area contributed by atoms with Gasteiger partial charge >= 0.3 is 12.1 Å². The summed E-state index contributed by atoms with van der Waals surface area (Å²) in [5, 5.41) is 3.18. The van der Waals surface area contributed by atoms with Crippen LogP contribution in [0, 0.1) is 6.92 Å². The van der Waals surface area contributed by atoms with E-state index in [0.29, 0.717) is 10.0 Å². The third kappa shape index (κ3) is 4.52. The standard InChI is InChI=1S/C10H13F3N2O2S/c1-6-7(8(16)17-2)15-9(18-6)14-5-3-4-10(11,12)13/h3-5H2,1-2H3,(H,14,15). The second-order valence-corrected chi connectivity index (χ2v) is 4.76. The van der Waals surface area contributed by atoms with Crippen LogP contribution in [0.5, 0.6) is 0 Å². The summed E-state index contributed by atoms with van der Waals surface area (Å²) in [7, 11) is 1.25. The van der Waals surface area contributed by atoms with Gasteiger partial charge < -0.3 is 10.1 Å². The van der Waals surface area contributed by atoms with Crippen LogP contribution in [0.2, 0.25) is 0 Å². The fourth-order valence-electron chi connectivity index (χ4n) is 1.24. The minimum atomic E-state index is -4.14. The van der Waals surface area contributed by atoms with Crippen molar-refractivity contribution in [2.24, 2.45) is 0 Å². The lowest BCUT2D eigenvalue weighted by atomic mass is 10.3. The second-order valence-electron chi connectivity index (χ2n) is 3.56. The maximum absolute atomic E-state index is 11.9. The molecule has 1 N–H and O–H groups in total. The number of thiazole rings is 1. The van der Waals surface area contributed by atoms with Crippen molar-refractivity contribution in [3.63, 3.8) is 0 Å². The van der Waals surface area contributed by atoms with E-state index in [2.05, 4.69) is 15.0 Å². The zero-order chi connectivity index (χ0) is 13.8. The van der Waals surface area contributed by atoms with Gasteiger partial charge in [-0.25, -0.2) is 9.78 Å². The highest BCUT2D eigenvalue weighted by atomic mass is 32.1. The van der Waals surface area contributed by atoms with Crippen molar-refractivity contribution in [1.82, 2.24) is 4.98 Å². The van der Waals surface area contributed by atoms with Gasteiger partial charge in [-0.05, 0) is 13.3 Å². The topological polar surface area (TPSA) is 51.2 Å². The molecule has 0 amide bonds. The first-order valence-electron chi connectivity index (χ1n) is 5.20. The van der Waals surface area contributed by atoms with Gasteiger partial charge in [0.25, 0.3) is 0 Å². The van der Waals surface area contributed by atoms with Crippen molar-refractivity contribution in [2.45, 2.75) is 25.9 Å². The first kappa shape index (κ1) is 14.7. The summed E-state index contributed by atoms with van der Waals surface area (Å²) in [6.45, 7) is 1.86. The Kier molecular flexibility index (Phi) is 4.94. The number of hydrogen-bond donors (Lipinski definition) is 1. The van der Waals surface area contributed by atoms with Crippen LogP contribution in [-0.4, -0.2) is 30.8 Å². The number of aromatic nitrogens is 1. The molecule has 102 valence electrons. The Hall–Kier alpha value is -1.31. The molecular formula is C10H13F3N2O2S. The molecule has 18 heavy (non-hydrogen) atoms. The van der Waals surface area contributed by atoms with Crippen LogP contribution in [0.25, 0.3) is 0 Å². The zero-order valence-electron chi connectivity index (χ0n) is 9.93. The van der Waals surface area contributed by atoms with Crippen LogP contribution in [-0.2, 0) is 4.74 Å². The Labute approximate surface area is 106 Å². The number of aryl methyl sites for hydroxylation is 1. The molecule has 0 saturated carbocycles. The van der Waals surface area contributed by atoms with E-state index >= 15 is 0 Å². The maximum atomic E-state index is 11.9. The minimum absolute atomic E-state index is 0.0321. The molecule has 0 atom stereocenters. The van der Waals surface area contributed by atoms with Crippen LogP contribution in [0.3, 0.4) is 0 Å². The molecule has 0 aromatic carbocycles. The molecule has 1 aromatic rings. The number of carbonyl (C=O) groups is 1. The van der Waals surface area contributed by atoms with Crippen molar-refractivity contribution in [3.8, 4) is 0 Å². The predicted octanol–water partition coefficient (Wildman–Crippen LogP) is 2.99. The Balaban J connectivity index is 2.47. The van der Waals surface area contributed by atoms with Gasteiger partial charge in [0.1, 0.15) is 0 Å². The molecule has 0 saturated heterocycles. The first-order chi connectivity index (χ1) is 8.33. The average Bonchev–Trinajstić information content (AvgIpc) is 2.64. The number of halogens is 3. The van der Waals surface area contributed by atoms with Crippen LogP contribution in [0.4, 0.5) is 18.3 Å². The summed E-state index contributed by atoms with van der Waals surface area (Å²) in [6.07, 6.45) is -5.01. The molecule has 0 aliphatic rings. The molecule has 8 heteroatoms. The molecule has 0 radical (unpaired) electrons. The number of methoxy groups -OCH3 is 1. The first-order valence-corrected chi connectivity index (χ1v) is 6.01. The summed E-state index contributed by atoms with van der Waals surface area (Å²) >= 11 is 1.21. The summed E-state index contributed by atoms with van der Waals surface area (Å²) in [5.41, 5.74) is 0.195.